The van der Waals surface area contributed by atoms with Crippen LogP contribution in [0.3, 0.4) is 0 Å². The van der Waals surface area contributed by atoms with Crippen molar-refractivity contribution < 1.29 is 4.42 Å². The standard InChI is InChI=1S/C47H31N3O/c1-47(2)37-26-36-31-14-7-10-18-39(31)50(40(36)27-35(37)32-24-25-42-43(44(32)47)34-16-8-11-19-41(34)51-42)30-22-20-29(21-23-30)46-48-38-17-9-6-15-33(38)45(49-46)28-12-4-3-5-13-28/h3-27H,1-2H3. The second-order valence-corrected chi connectivity index (χ2v) is 14.2. The number of benzene rings is 7. The Labute approximate surface area is 294 Å². The molecule has 0 aliphatic heterocycles. The van der Waals surface area contributed by atoms with Gasteiger partial charge in [-0.25, -0.2) is 9.97 Å². The molecule has 4 heteroatoms. The van der Waals surface area contributed by atoms with Gasteiger partial charge in [-0.3, -0.25) is 0 Å². The summed E-state index contributed by atoms with van der Waals surface area (Å²) < 4.78 is 8.75. The molecule has 10 aromatic rings. The Morgan fingerprint density at radius 2 is 1.25 bits per heavy atom. The van der Waals surface area contributed by atoms with Gasteiger partial charge in [0.15, 0.2) is 5.82 Å². The predicted octanol–water partition coefficient (Wildman–Crippen LogP) is 12.3. The molecule has 0 saturated heterocycles. The minimum Gasteiger partial charge on any atom is -0.456 e. The van der Waals surface area contributed by atoms with Crippen molar-refractivity contribution in [3.05, 3.63) is 163 Å². The number of aromatic nitrogens is 3. The number of fused-ring (bicyclic) bond motifs is 11. The molecule has 0 fully saturated rings. The molecule has 0 unspecified atom stereocenters. The van der Waals surface area contributed by atoms with Crippen LogP contribution in [0, 0.1) is 0 Å². The van der Waals surface area contributed by atoms with Crippen molar-refractivity contribution in [2.45, 2.75) is 19.3 Å². The van der Waals surface area contributed by atoms with Crippen molar-refractivity contribution in [2.75, 3.05) is 0 Å². The van der Waals surface area contributed by atoms with Crippen LogP contribution in [0.5, 0.6) is 0 Å². The van der Waals surface area contributed by atoms with E-state index in [-0.39, 0.29) is 5.41 Å². The van der Waals surface area contributed by atoms with E-state index in [1.165, 1.54) is 54.8 Å². The van der Waals surface area contributed by atoms with Crippen LogP contribution in [0.4, 0.5) is 0 Å². The van der Waals surface area contributed by atoms with Crippen LogP contribution in [-0.2, 0) is 5.41 Å². The predicted molar refractivity (Wildman–Crippen MR) is 210 cm³/mol. The summed E-state index contributed by atoms with van der Waals surface area (Å²) >= 11 is 0. The number of hydrogen-bond donors (Lipinski definition) is 0. The van der Waals surface area contributed by atoms with Gasteiger partial charge in [-0.2, -0.15) is 0 Å². The molecular formula is C47H31N3O. The maximum absolute atomic E-state index is 6.35. The minimum absolute atomic E-state index is 0.200. The Balaban J connectivity index is 1.10. The number of para-hydroxylation sites is 3. The summed E-state index contributed by atoms with van der Waals surface area (Å²) in [6.45, 7) is 4.72. The van der Waals surface area contributed by atoms with Crippen molar-refractivity contribution in [1.29, 1.82) is 0 Å². The van der Waals surface area contributed by atoms with Gasteiger partial charge in [-0.05, 0) is 82.9 Å². The quantitative estimate of drug-likeness (QED) is 0.191. The first kappa shape index (κ1) is 28.3. The highest BCUT2D eigenvalue weighted by molar-refractivity contribution is 6.14. The fourth-order valence-corrected chi connectivity index (χ4v) is 8.64. The summed E-state index contributed by atoms with van der Waals surface area (Å²) in [5, 5.41) is 5.96. The molecule has 1 aliphatic carbocycles. The smallest absolute Gasteiger partial charge is 0.160 e. The van der Waals surface area contributed by atoms with Crippen molar-refractivity contribution in [3.8, 4) is 39.5 Å². The Kier molecular flexibility index (Phi) is 5.70. The number of rotatable bonds is 3. The average Bonchev–Trinajstić information content (AvgIpc) is 3.79. The largest absolute Gasteiger partial charge is 0.456 e. The molecule has 0 spiro atoms. The summed E-state index contributed by atoms with van der Waals surface area (Å²) in [5.41, 5.74) is 14.4. The Morgan fingerprint density at radius 1 is 0.529 bits per heavy atom. The first-order valence-electron chi connectivity index (χ1n) is 17.5. The summed E-state index contributed by atoms with van der Waals surface area (Å²) in [7, 11) is 0. The molecule has 0 atom stereocenters. The maximum Gasteiger partial charge on any atom is 0.160 e. The van der Waals surface area contributed by atoms with Crippen LogP contribution in [0.15, 0.2) is 156 Å². The Hall–Kier alpha value is -6.52. The molecule has 0 radical (unpaired) electrons. The molecule has 3 aromatic heterocycles. The van der Waals surface area contributed by atoms with Gasteiger partial charge in [0.1, 0.15) is 11.2 Å². The molecule has 240 valence electrons. The molecule has 0 amide bonds. The monoisotopic (exact) mass is 653 g/mol. The van der Waals surface area contributed by atoms with E-state index in [9.17, 15) is 0 Å². The SMILES string of the molecule is CC1(C)c2cc3c4ccccc4n(-c4ccc(-c5nc(-c6ccccc6)c6ccccc6n5)cc4)c3cc2-c2ccc3oc4ccccc4c3c21. The van der Waals surface area contributed by atoms with Gasteiger partial charge in [0.05, 0.1) is 22.2 Å². The van der Waals surface area contributed by atoms with Crippen molar-refractivity contribution >= 4 is 54.6 Å². The summed E-state index contributed by atoms with van der Waals surface area (Å²) in [5.74, 6) is 0.719. The van der Waals surface area contributed by atoms with Gasteiger partial charge in [-0.15, -0.1) is 0 Å². The zero-order valence-electron chi connectivity index (χ0n) is 28.2. The summed E-state index contributed by atoms with van der Waals surface area (Å²) in [6, 6.07) is 53.8. The second-order valence-electron chi connectivity index (χ2n) is 14.2. The lowest BCUT2D eigenvalue weighted by Crippen LogP contribution is -2.15. The second kappa shape index (κ2) is 10.3. The van der Waals surface area contributed by atoms with Crippen LogP contribution >= 0.6 is 0 Å². The van der Waals surface area contributed by atoms with E-state index < -0.39 is 0 Å². The van der Waals surface area contributed by atoms with Gasteiger partial charge in [0.25, 0.3) is 0 Å². The number of hydrogen-bond acceptors (Lipinski definition) is 3. The van der Waals surface area contributed by atoms with E-state index >= 15 is 0 Å². The van der Waals surface area contributed by atoms with Crippen LogP contribution in [0.25, 0.3) is 94.1 Å². The minimum atomic E-state index is -0.200. The zero-order chi connectivity index (χ0) is 33.8. The van der Waals surface area contributed by atoms with Gasteiger partial charge in [0.2, 0.25) is 0 Å². The van der Waals surface area contributed by atoms with E-state index in [2.05, 4.69) is 146 Å². The van der Waals surface area contributed by atoms with E-state index in [4.69, 9.17) is 14.4 Å². The Morgan fingerprint density at radius 3 is 2.10 bits per heavy atom. The third kappa shape index (κ3) is 3.96. The molecule has 4 nitrogen and oxygen atoms in total. The molecule has 51 heavy (non-hydrogen) atoms. The molecule has 3 heterocycles. The Bertz CT molecular complexity index is 3040. The van der Waals surface area contributed by atoms with Crippen LogP contribution in [0.1, 0.15) is 25.0 Å². The molecule has 0 bridgehead atoms. The van der Waals surface area contributed by atoms with E-state index in [0.717, 1.165) is 50.4 Å². The summed E-state index contributed by atoms with van der Waals surface area (Å²) in [4.78, 5) is 10.1. The first-order chi connectivity index (χ1) is 25.0. The fraction of sp³-hybridized carbons (Fsp3) is 0.0638. The molecule has 11 rings (SSSR count). The highest BCUT2D eigenvalue weighted by atomic mass is 16.3. The highest BCUT2D eigenvalue weighted by Crippen LogP contribution is 2.54. The number of nitrogens with zero attached hydrogens (tertiary/aromatic N) is 3. The van der Waals surface area contributed by atoms with Gasteiger partial charge >= 0.3 is 0 Å². The van der Waals surface area contributed by atoms with Crippen molar-refractivity contribution in [2.24, 2.45) is 0 Å². The van der Waals surface area contributed by atoms with Crippen molar-refractivity contribution in [1.82, 2.24) is 14.5 Å². The third-order valence-corrected chi connectivity index (χ3v) is 11.0. The lowest BCUT2D eigenvalue weighted by atomic mass is 9.80. The van der Waals surface area contributed by atoms with Crippen molar-refractivity contribution in [3.63, 3.8) is 0 Å². The number of furan rings is 1. The van der Waals surface area contributed by atoms with E-state index in [0.29, 0.717) is 0 Å². The van der Waals surface area contributed by atoms with Gasteiger partial charge in [-0.1, -0.05) is 105 Å². The highest BCUT2D eigenvalue weighted by Gasteiger charge is 2.39. The molecule has 0 saturated carbocycles. The van der Waals surface area contributed by atoms with Crippen LogP contribution in [-0.4, -0.2) is 14.5 Å². The maximum atomic E-state index is 6.35. The molecule has 7 aromatic carbocycles. The molecule has 1 aliphatic rings. The van der Waals surface area contributed by atoms with Gasteiger partial charge in [0, 0.05) is 49.2 Å². The van der Waals surface area contributed by atoms with Gasteiger partial charge < -0.3 is 8.98 Å². The lowest BCUT2D eigenvalue weighted by molar-refractivity contribution is 0.657. The summed E-state index contributed by atoms with van der Waals surface area (Å²) in [6.07, 6.45) is 0. The van der Waals surface area contributed by atoms with Crippen LogP contribution < -0.4 is 0 Å². The lowest BCUT2D eigenvalue weighted by Gasteiger charge is -2.22. The first-order valence-corrected chi connectivity index (χ1v) is 17.5. The zero-order valence-corrected chi connectivity index (χ0v) is 28.2. The van der Waals surface area contributed by atoms with E-state index in [1.54, 1.807) is 0 Å². The normalized spacial score (nSPS) is 13.5. The molecular weight excluding hydrogens is 623 g/mol. The third-order valence-electron chi connectivity index (χ3n) is 11.0. The average molecular weight is 654 g/mol. The topological polar surface area (TPSA) is 43.9 Å². The fourth-order valence-electron chi connectivity index (χ4n) is 8.64. The van der Waals surface area contributed by atoms with E-state index in [1.807, 2.05) is 24.3 Å². The molecule has 0 N–H and O–H groups in total. The van der Waals surface area contributed by atoms with Crippen LogP contribution in [0.2, 0.25) is 0 Å².